The van der Waals surface area contributed by atoms with Crippen LogP contribution in [-0.4, -0.2) is 37.9 Å². The smallest absolute Gasteiger partial charge is 0.310 e. The highest BCUT2D eigenvalue weighted by Crippen LogP contribution is 2.42. The van der Waals surface area contributed by atoms with E-state index >= 15 is 0 Å². The maximum Gasteiger partial charge on any atom is 0.310 e. The standard InChI is InChI=1S/C14H18N2O5/c1-8(17)11-15-7-10(16-11)6-14(13(20)21)4-2-3-9(5-14)12(18)19/h7,9H,2-6H2,1H3,(H,15,16)(H,18,19)(H,20,21). The largest absolute Gasteiger partial charge is 0.481 e. The Kier molecular flexibility index (Phi) is 4.11. The molecule has 114 valence electrons. The molecule has 21 heavy (non-hydrogen) atoms. The number of Topliss-reactive ketones (excluding diaryl/α,β-unsaturated/α-hetero) is 1. The second kappa shape index (κ2) is 5.67. The van der Waals surface area contributed by atoms with Crippen molar-refractivity contribution in [3.05, 3.63) is 17.7 Å². The van der Waals surface area contributed by atoms with E-state index in [9.17, 15) is 19.5 Å². The van der Waals surface area contributed by atoms with Gasteiger partial charge in [0.2, 0.25) is 0 Å². The van der Waals surface area contributed by atoms with Crippen molar-refractivity contribution in [2.24, 2.45) is 11.3 Å². The first kappa shape index (κ1) is 15.2. The summed E-state index contributed by atoms with van der Waals surface area (Å²) in [5.74, 6) is -2.61. The third kappa shape index (κ3) is 3.12. The summed E-state index contributed by atoms with van der Waals surface area (Å²) < 4.78 is 0. The lowest BCUT2D eigenvalue weighted by molar-refractivity contribution is -0.155. The summed E-state index contributed by atoms with van der Waals surface area (Å²) in [5, 5.41) is 18.7. The van der Waals surface area contributed by atoms with Crippen molar-refractivity contribution in [3.8, 4) is 0 Å². The van der Waals surface area contributed by atoms with E-state index in [-0.39, 0.29) is 24.4 Å². The van der Waals surface area contributed by atoms with Crippen LogP contribution in [0.5, 0.6) is 0 Å². The molecule has 7 heteroatoms. The van der Waals surface area contributed by atoms with Crippen molar-refractivity contribution in [1.29, 1.82) is 0 Å². The number of carbonyl (C=O) groups is 3. The van der Waals surface area contributed by atoms with E-state index < -0.39 is 23.3 Å². The van der Waals surface area contributed by atoms with Gasteiger partial charge in [0.15, 0.2) is 11.6 Å². The molecule has 0 bridgehead atoms. The van der Waals surface area contributed by atoms with E-state index in [4.69, 9.17) is 5.11 Å². The van der Waals surface area contributed by atoms with Gasteiger partial charge in [-0.1, -0.05) is 6.42 Å². The lowest BCUT2D eigenvalue weighted by Crippen LogP contribution is -2.40. The number of hydrogen-bond acceptors (Lipinski definition) is 4. The highest BCUT2D eigenvalue weighted by Gasteiger charge is 2.45. The molecule has 0 aromatic carbocycles. The molecule has 0 spiro atoms. The van der Waals surface area contributed by atoms with Crippen molar-refractivity contribution in [1.82, 2.24) is 9.97 Å². The SMILES string of the molecule is CC(=O)c1ncc(CC2(C(=O)O)CCCC(C(=O)O)C2)[nH]1. The van der Waals surface area contributed by atoms with Crippen LogP contribution in [0.4, 0.5) is 0 Å². The van der Waals surface area contributed by atoms with E-state index in [0.717, 1.165) is 0 Å². The molecule has 1 aliphatic rings. The molecule has 0 saturated heterocycles. The first-order chi connectivity index (χ1) is 9.84. The summed E-state index contributed by atoms with van der Waals surface area (Å²) >= 11 is 0. The lowest BCUT2D eigenvalue weighted by Gasteiger charge is -2.35. The van der Waals surface area contributed by atoms with Crippen LogP contribution in [0.2, 0.25) is 0 Å². The molecule has 0 aliphatic heterocycles. The lowest BCUT2D eigenvalue weighted by atomic mass is 9.67. The Labute approximate surface area is 121 Å². The van der Waals surface area contributed by atoms with Crippen molar-refractivity contribution < 1.29 is 24.6 Å². The van der Waals surface area contributed by atoms with Gasteiger partial charge in [-0.05, 0) is 19.3 Å². The zero-order chi connectivity index (χ0) is 15.6. The molecule has 0 amide bonds. The summed E-state index contributed by atoms with van der Waals surface area (Å²) in [6.07, 6.45) is 3.22. The fraction of sp³-hybridized carbons (Fsp3) is 0.571. The summed E-state index contributed by atoms with van der Waals surface area (Å²) in [6.45, 7) is 1.37. The van der Waals surface area contributed by atoms with Crippen LogP contribution in [0.1, 0.15) is 48.9 Å². The number of nitrogens with one attached hydrogen (secondary N) is 1. The van der Waals surface area contributed by atoms with Gasteiger partial charge in [0, 0.05) is 25.2 Å². The molecule has 1 fully saturated rings. The van der Waals surface area contributed by atoms with E-state index in [2.05, 4.69) is 9.97 Å². The minimum Gasteiger partial charge on any atom is -0.481 e. The molecular formula is C14H18N2O5. The maximum absolute atomic E-state index is 11.7. The van der Waals surface area contributed by atoms with Gasteiger partial charge < -0.3 is 15.2 Å². The summed E-state index contributed by atoms with van der Waals surface area (Å²) in [4.78, 5) is 40.8. The predicted octanol–water partition coefficient (Wildman–Crippen LogP) is 1.50. The third-order valence-corrected chi connectivity index (χ3v) is 4.14. The molecule has 7 nitrogen and oxygen atoms in total. The Hall–Kier alpha value is -2.18. The molecule has 2 atom stereocenters. The second-order valence-electron chi connectivity index (χ2n) is 5.71. The quantitative estimate of drug-likeness (QED) is 0.708. The number of aromatic amines is 1. The van der Waals surface area contributed by atoms with Gasteiger partial charge in [-0.3, -0.25) is 14.4 Å². The third-order valence-electron chi connectivity index (χ3n) is 4.14. The summed E-state index contributed by atoms with van der Waals surface area (Å²) in [5.41, 5.74) is -0.560. The average Bonchev–Trinajstić information content (AvgIpc) is 2.87. The van der Waals surface area contributed by atoms with Crippen LogP contribution in [0.25, 0.3) is 0 Å². The van der Waals surface area contributed by atoms with Gasteiger partial charge in [-0.15, -0.1) is 0 Å². The van der Waals surface area contributed by atoms with Gasteiger partial charge >= 0.3 is 11.9 Å². The number of rotatable bonds is 5. The molecule has 2 rings (SSSR count). The number of H-pyrrole nitrogens is 1. The molecule has 2 unspecified atom stereocenters. The van der Waals surface area contributed by atoms with Crippen molar-refractivity contribution in [2.75, 3.05) is 0 Å². The number of carboxylic acid groups (broad SMARTS) is 2. The van der Waals surface area contributed by atoms with Crippen LogP contribution >= 0.6 is 0 Å². The van der Waals surface area contributed by atoms with E-state index in [1.165, 1.54) is 13.1 Å². The summed E-state index contributed by atoms with van der Waals surface area (Å²) in [7, 11) is 0. The minimum atomic E-state index is -1.11. The number of nitrogens with zero attached hydrogens (tertiary/aromatic N) is 1. The first-order valence-corrected chi connectivity index (χ1v) is 6.85. The van der Waals surface area contributed by atoms with Gasteiger partial charge in [0.05, 0.1) is 11.3 Å². The Morgan fingerprint density at radius 3 is 2.67 bits per heavy atom. The predicted molar refractivity (Wildman–Crippen MR) is 72.0 cm³/mol. The number of carbonyl (C=O) groups excluding carboxylic acids is 1. The number of carboxylic acids is 2. The fourth-order valence-corrected chi connectivity index (χ4v) is 3.00. The van der Waals surface area contributed by atoms with Gasteiger partial charge in [0.1, 0.15) is 0 Å². The number of aromatic nitrogens is 2. The van der Waals surface area contributed by atoms with Crippen molar-refractivity contribution >= 4 is 17.7 Å². The zero-order valence-electron chi connectivity index (χ0n) is 11.8. The van der Waals surface area contributed by atoms with Gasteiger partial charge in [-0.25, -0.2) is 4.98 Å². The molecule has 1 aromatic heterocycles. The fourth-order valence-electron chi connectivity index (χ4n) is 3.00. The Balaban J connectivity index is 2.23. The molecule has 1 aliphatic carbocycles. The maximum atomic E-state index is 11.7. The average molecular weight is 294 g/mol. The minimum absolute atomic E-state index is 0.103. The van der Waals surface area contributed by atoms with E-state index in [1.54, 1.807) is 0 Å². The van der Waals surface area contributed by atoms with Crippen LogP contribution in [0, 0.1) is 11.3 Å². The Morgan fingerprint density at radius 1 is 1.43 bits per heavy atom. The van der Waals surface area contributed by atoms with Crippen LogP contribution in [0.15, 0.2) is 6.20 Å². The molecule has 0 radical (unpaired) electrons. The molecule has 1 saturated carbocycles. The van der Waals surface area contributed by atoms with E-state index in [1.807, 2.05) is 0 Å². The molecule has 3 N–H and O–H groups in total. The van der Waals surface area contributed by atoms with E-state index in [0.29, 0.717) is 25.0 Å². The summed E-state index contributed by atoms with van der Waals surface area (Å²) in [6, 6.07) is 0. The number of hydrogen-bond donors (Lipinski definition) is 3. The van der Waals surface area contributed by atoms with Crippen LogP contribution in [-0.2, 0) is 16.0 Å². The number of ketones is 1. The first-order valence-electron chi connectivity index (χ1n) is 6.85. The number of aliphatic carboxylic acids is 2. The van der Waals surface area contributed by atoms with Crippen molar-refractivity contribution in [3.63, 3.8) is 0 Å². The molecule has 1 heterocycles. The monoisotopic (exact) mass is 294 g/mol. The molecule has 1 aromatic rings. The van der Waals surface area contributed by atoms with Crippen LogP contribution in [0.3, 0.4) is 0 Å². The Morgan fingerprint density at radius 2 is 2.14 bits per heavy atom. The zero-order valence-corrected chi connectivity index (χ0v) is 11.8. The van der Waals surface area contributed by atoms with Crippen molar-refractivity contribution in [2.45, 2.75) is 39.0 Å². The normalized spacial score (nSPS) is 25.5. The highest BCUT2D eigenvalue weighted by molar-refractivity contribution is 5.90. The topological polar surface area (TPSA) is 120 Å². The highest BCUT2D eigenvalue weighted by atomic mass is 16.4. The van der Waals surface area contributed by atoms with Gasteiger partial charge in [0.25, 0.3) is 0 Å². The Bertz CT molecular complexity index is 580. The second-order valence-corrected chi connectivity index (χ2v) is 5.71. The number of imidazole rings is 1. The van der Waals surface area contributed by atoms with Gasteiger partial charge in [-0.2, -0.15) is 0 Å². The molecular weight excluding hydrogens is 276 g/mol. The van der Waals surface area contributed by atoms with Crippen LogP contribution < -0.4 is 0 Å².